The van der Waals surface area contributed by atoms with Gasteiger partial charge in [0.2, 0.25) is 0 Å². The molecule has 20 heavy (non-hydrogen) atoms. The van der Waals surface area contributed by atoms with Gasteiger partial charge in [-0.15, -0.1) is 0 Å². The van der Waals surface area contributed by atoms with Gasteiger partial charge in [-0.2, -0.15) is 0 Å². The topological polar surface area (TPSA) is 56.1 Å². The zero-order chi connectivity index (χ0) is 13.8. The quantitative estimate of drug-likeness (QED) is 0.922. The number of nitrogens with one attached hydrogen (secondary N) is 1. The fourth-order valence-corrected chi connectivity index (χ4v) is 2.31. The van der Waals surface area contributed by atoms with Crippen LogP contribution in [-0.4, -0.2) is 34.7 Å². The Labute approximate surface area is 117 Å². The van der Waals surface area contributed by atoms with E-state index in [0.29, 0.717) is 12.1 Å². The summed E-state index contributed by atoms with van der Waals surface area (Å²) in [6.07, 6.45) is 7.60. The number of rotatable bonds is 4. The molecule has 1 aliphatic rings. The SMILES string of the molecule is O=C(NCC1CCCO1)c1ccc(-n2ccnc2)cc1. The number of aromatic nitrogens is 2. The number of hydrogen-bond acceptors (Lipinski definition) is 3. The van der Waals surface area contributed by atoms with Gasteiger partial charge in [-0.1, -0.05) is 0 Å². The third kappa shape index (κ3) is 2.88. The van der Waals surface area contributed by atoms with E-state index in [1.807, 2.05) is 35.0 Å². The minimum absolute atomic E-state index is 0.0577. The number of hydrogen-bond donors (Lipinski definition) is 1. The van der Waals surface area contributed by atoms with Crippen LogP contribution in [0.3, 0.4) is 0 Å². The summed E-state index contributed by atoms with van der Waals surface area (Å²) in [5.74, 6) is -0.0577. The minimum atomic E-state index is -0.0577. The van der Waals surface area contributed by atoms with Crippen molar-refractivity contribution in [3.8, 4) is 5.69 Å². The Bertz CT molecular complexity index is 557. The highest BCUT2D eigenvalue weighted by Crippen LogP contribution is 2.12. The highest BCUT2D eigenvalue weighted by molar-refractivity contribution is 5.94. The Morgan fingerprint density at radius 2 is 2.25 bits per heavy atom. The average Bonchev–Trinajstić information content (AvgIpc) is 3.18. The van der Waals surface area contributed by atoms with Crippen LogP contribution in [0, 0.1) is 0 Å². The third-order valence-electron chi connectivity index (χ3n) is 3.45. The van der Waals surface area contributed by atoms with E-state index < -0.39 is 0 Å². The van der Waals surface area contributed by atoms with Gasteiger partial charge in [-0.05, 0) is 37.1 Å². The van der Waals surface area contributed by atoms with Crippen molar-refractivity contribution in [2.24, 2.45) is 0 Å². The molecule has 1 unspecified atom stereocenters. The Morgan fingerprint density at radius 1 is 1.40 bits per heavy atom. The molecule has 1 atom stereocenters. The van der Waals surface area contributed by atoms with Crippen LogP contribution in [0.1, 0.15) is 23.2 Å². The van der Waals surface area contributed by atoms with Crippen LogP contribution in [0.4, 0.5) is 0 Å². The third-order valence-corrected chi connectivity index (χ3v) is 3.45. The molecular weight excluding hydrogens is 254 g/mol. The van der Waals surface area contributed by atoms with Crippen molar-refractivity contribution in [3.05, 3.63) is 48.5 Å². The molecule has 1 amide bonds. The molecule has 3 rings (SSSR count). The molecule has 104 valence electrons. The smallest absolute Gasteiger partial charge is 0.251 e. The highest BCUT2D eigenvalue weighted by Gasteiger charge is 2.16. The van der Waals surface area contributed by atoms with Crippen LogP contribution in [-0.2, 0) is 4.74 Å². The molecule has 1 saturated heterocycles. The van der Waals surface area contributed by atoms with E-state index in [-0.39, 0.29) is 12.0 Å². The molecule has 1 aliphatic heterocycles. The summed E-state index contributed by atoms with van der Waals surface area (Å²) in [7, 11) is 0. The van der Waals surface area contributed by atoms with Crippen LogP contribution in [0.25, 0.3) is 5.69 Å². The summed E-state index contributed by atoms with van der Waals surface area (Å²) in [6, 6.07) is 7.45. The molecule has 0 spiro atoms. The first-order chi connectivity index (χ1) is 9.83. The van der Waals surface area contributed by atoms with E-state index in [1.54, 1.807) is 12.5 Å². The second kappa shape index (κ2) is 5.88. The molecular formula is C15H17N3O2. The molecule has 5 nitrogen and oxygen atoms in total. The standard InChI is InChI=1S/C15H17N3O2/c19-15(17-10-14-2-1-9-20-14)12-3-5-13(6-4-12)18-8-7-16-11-18/h3-8,11,14H,1-2,9-10H2,(H,17,19). The lowest BCUT2D eigenvalue weighted by atomic mass is 10.2. The van der Waals surface area contributed by atoms with Crippen molar-refractivity contribution in [2.45, 2.75) is 18.9 Å². The first-order valence-electron chi connectivity index (χ1n) is 6.81. The Morgan fingerprint density at radius 3 is 2.90 bits per heavy atom. The molecule has 0 saturated carbocycles. The predicted molar refractivity (Wildman–Crippen MR) is 74.9 cm³/mol. The van der Waals surface area contributed by atoms with E-state index in [0.717, 1.165) is 25.1 Å². The fraction of sp³-hybridized carbons (Fsp3) is 0.333. The zero-order valence-electron chi connectivity index (χ0n) is 11.2. The summed E-state index contributed by atoms with van der Waals surface area (Å²) < 4.78 is 7.38. The first kappa shape index (κ1) is 12.9. The van der Waals surface area contributed by atoms with E-state index in [2.05, 4.69) is 10.3 Å². The van der Waals surface area contributed by atoms with E-state index in [1.165, 1.54) is 0 Å². The van der Waals surface area contributed by atoms with Crippen LogP contribution in [0.15, 0.2) is 43.0 Å². The summed E-state index contributed by atoms with van der Waals surface area (Å²) >= 11 is 0. The summed E-state index contributed by atoms with van der Waals surface area (Å²) in [6.45, 7) is 1.39. The van der Waals surface area contributed by atoms with Crippen LogP contribution >= 0.6 is 0 Å². The normalized spacial score (nSPS) is 18.1. The summed E-state index contributed by atoms with van der Waals surface area (Å²) in [5, 5.41) is 2.91. The zero-order valence-corrected chi connectivity index (χ0v) is 11.2. The molecule has 1 aromatic heterocycles. The fourth-order valence-electron chi connectivity index (χ4n) is 2.31. The molecule has 2 aromatic rings. The Hall–Kier alpha value is -2.14. The highest BCUT2D eigenvalue weighted by atomic mass is 16.5. The van der Waals surface area contributed by atoms with Crippen molar-refractivity contribution in [2.75, 3.05) is 13.2 Å². The van der Waals surface area contributed by atoms with Crippen molar-refractivity contribution < 1.29 is 9.53 Å². The maximum absolute atomic E-state index is 12.0. The van der Waals surface area contributed by atoms with Gasteiger partial charge in [0.05, 0.1) is 12.4 Å². The first-order valence-corrected chi connectivity index (χ1v) is 6.81. The van der Waals surface area contributed by atoms with Crippen LogP contribution < -0.4 is 5.32 Å². The largest absolute Gasteiger partial charge is 0.376 e. The van der Waals surface area contributed by atoms with E-state index >= 15 is 0 Å². The number of nitrogens with zero attached hydrogens (tertiary/aromatic N) is 2. The van der Waals surface area contributed by atoms with Gasteiger partial charge in [0.15, 0.2) is 0 Å². The van der Waals surface area contributed by atoms with Crippen molar-refractivity contribution in [1.82, 2.24) is 14.9 Å². The molecule has 2 heterocycles. The van der Waals surface area contributed by atoms with Crippen molar-refractivity contribution in [1.29, 1.82) is 0 Å². The maximum atomic E-state index is 12.0. The summed E-state index contributed by atoms with van der Waals surface area (Å²) in [5.41, 5.74) is 1.64. The monoisotopic (exact) mass is 271 g/mol. The van der Waals surface area contributed by atoms with Crippen LogP contribution in [0.5, 0.6) is 0 Å². The van der Waals surface area contributed by atoms with Crippen molar-refractivity contribution in [3.63, 3.8) is 0 Å². The molecule has 1 N–H and O–H groups in total. The van der Waals surface area contributed by atoms with E-state index in [4.69, 9.17) is 4.74 Å². The molecule has 5 heteroatoms. The second-order valence-electron chi connectivity index (χ2n) is 4.86. The van der Waals surface area contributed by atoms with Gasteiger partial charge in [0.25, 0.3) is 5.91 Å². The molecule has 0 radical (unpaired) electrons. The van der Waals surface area contributed by atoms with Gasteiger partial charge < -0.3 is 14.6 Å². The number of carbonyl (C=O) groups excluding carboxylic acids is 1. The number of carbonyl (C=O) groups is 1. The lowest BCUT2D eigenvalue weighted by Gasteiger charge is -2.11. The van der Waals surface area contributed by atoms with Gasteiger partial charge in [0.1, 0.15) is 0 Å². The molecule has 1 aromatic carbocycles. The van der Waals surface area contributed by atoms with Gasteiger partial charge in [-0.3, -0.25) is 4.79 Å². The van der Waals surface area contributed by atoms with Crippen LogP contribution in [0.2, 0.25) is 0 Å². The van der Waals surface area contributed by atoms with Gasteiger partial charge >= 0.3 is 0 Å². The number of imidazole rings is 1. The molecule has 0 aliphatic carbocycles. The predicted octanol–water partition coefficient (Wildman–Crippen LogP) is 1.78. The Balaban J connectivity index is 1.60. The summed E-state index contributed by atoms with van der Waals surface area (Å²) in [4.78, 5) is 16.0. The lowest BCUT2D eigenvalue weighted by Crippen LogP contribution is -2.31. The number of ether oxygens (including phenoxy) is 1. The van der Waals surface area contributed by atoms with Gasteiger partial charge in [-0.25, -0.2) is 4.98 Å². The number of amides is 1. The van der Waals surface area contributed by atoms with E-state index in [9.17, 15) is 4.79 Å². The second-order valence-corrected chi connectivity index (χ2v) is 4.86. The minimum Gasteiger partial charge on any atom is -0.376 e. The molecule has 1 fully saturated rings. The van der Waals surface area contributed by atoms with Crippen molar-refractivity contribution >= 4 is 5.91 Å². The average molecular weight is 271 g/mol. The lowest BCUT2D eigenvalue weighted by molar-refractivity contribution is 0.0858. The maximum Gasteiger partial charge on any atom is 0.251 e. The van der Waals surface area contributed by atoms with Gasteiger partial charge in [0, 0.05) is 36.8 Å². The molecule has 0 bridgehead atoms. The number of benzene rings is 1. The Kier molecular flexibility index (Phi) is 3.78.